The SMILES string of the molecule is O=C(CCNS(=O)(=O)c1cccc(Cl)c1)NCCO. The minimum atomic E-state index is -3.66. The van der Waals surface area contributed by atoms with E-state index in [1.165, 1.54) is 18.2 Å². The lowest BCUT2D eigenvalue weighted by Gasteiger charge is -2.07. The molecule has 19 heavy (non-hydrogen) atoms. The molecule has 3 N–H and O–H groups in total. The molecule has 0 aliphatic rings. The zero-order valence-corrected chi connectivity index (χ0v) is 11.7. The molecule has 8 heteroatoms. The molecule has 0 heterocycles. The number of hydrogen-bond acceptors (Lipinski definition) is 4. The molecule has 0 fully saturated rings. The predicted octanol–water partition coefficient (Wildman–Crippen LogP) is 0.117. The van der Waals surface area contributed by atoms with Crippen LogP contribution in [-0.4, -0.2) is 39.1 Å². The van der Waals surface area contributed by atoms with Gasteiger partial charge in [-0.15, -0.1) is 0 Å². The van der Waals surface area contributed by atoms with E-state index in [1.54, 1.807) is 6.07 Å². The fraction of sp³-hybridized carbons (Fsp3) is 0.364. The number of carbonyl (C=O) groups is 1. The van der Waals surface area contributed by atoms with Crippen molar-refractivity contribution in [3.8, 4) is 0 Å². The Morgan fingerprint density at radius 3 is 2.68 bits per heavy atom. The van der Waals surface area contributed by atoms with E-state index in [9.17, 15) is 13.2 Å². The number of aliphatic hydroxyl groups excluding tert-OH is 1. The summed E-state index contributed by atoms with van der Waals surface area (Å²) >= 11 is 5.71. The number of aliphatic hydroxyl groups is 1. The van der Waals surface area contributed by atoms with E-state index >= 15 is 0 Å². The average molecular weight is 307 g/mol. The zero-order valence-electron chi connectivity index (χ0n) is 10.1. The van der Waals surface area contributed by atoms with E-state index in [-0.39, 0.29) is 36.9 Å². The number of carbonyl (C=O) groups excluding carboxylic acids is 1. The van der Waals surface area contributed by atoms with Gasteiger partial charge in [0.05, 0.1) is 11.5 Å². The quantitative estimate of drug-likeness (QED) is 0.666. The summed E-state index contributed by atoms with van der Waals surface area (Å²) in [6.07, 6.45) is -0.000203. The van der Waals surface area contributed by atoms with Gasteiger partial charge in [0.2, 0.25) is 15.9 Å². The Hall–Kier alpha value is -1.15. The molecule has 0 saturated carbocycles. The van der Waals surface area contributed by atoms with Crippen molar-refractivity contribution >= 4 is 27.5 Å². The van der Waals surface area contributed by atoms with Gasteiger partial charge in [-0.1, -0.05) is 17.7 Å². The van der Waals surface area contributed by atoms with Gasteiger partial charge in [-0.25, -0.2) is 13.1 Å². The number of nitrogens with one attached hydrogen (secondary N) is 2. The fourth-order valence-electron chi connectivity index (χ4n) is 1.30. The Morgan fingerprint density at radius 2 is 2.05 bits per heavy atom. The van der Waals surface area contributed by atoms with Crippen molar-refractivity contribution in [1.29, 1.82) is 0 Å². The molecule has 0 aromatic heterocycles. The van der Waals surface area contributed by atoms with Gasteiger partial charge in [0.1, 0.15) is 0 Å². The molecule has 0 aliphatic heterocycles. The molecule has 0 saturated heterocycles. The van der Waals surface area contributed by atoms with E-state index in [0.29, 0.717) is 5.02 Å². The van der Waals surface area contributed by atoms with Gasteiger partial charge in [-0.2, -0.15) is 0 Å². The van der Waals surface area contributed by atoms with E-state index in [1.807, 2.05) is 0 Å². The highest BCUT2D eigenvalue weighted by Crippen LogP contribution is 2.14. The van der Waals surface area contributed by atoms with Gasteiger partial charge in [0, 0.05) is 24.5 Å². The van der Waals surface area contributed by atoms with E-state index in [4.69, 9.17) is 16.7 Å². The summed E-state index contributed by atoms with van der Waals surface area (Å²) in [7, 11) is -3.66. The summed E-state index contributed by atoms with van der Waals surface area (Å²) in [5.74, 6) is -0.331. The second-order valence-electron chi connectivity index (χ2n) is 3.68. The molecule has 0 radical (unpaired) electrons. The molecule has 1 rings (SSSR count). The van der Waals surface area contributed by atoms with Crippen LogP contribution in [0.5, 0.6) is 0 Å². The van der Waals surface area contributed by atoms with Crippen LogP contribution in [0.3, 0.4) is 0 Å². The first-order valence-electron chi connectivity index (χ1n) is 5.58. The first-order valence-corrected chi connectivity index (χ1v) is 7.44. The van der Waals surface area contributed by atoms with Gasteiger partial charge in [-0.3, -0.25) is 4.79 Å². The number of sulfonamides is 1. The first-order chi connectivity index (χ1) is 8.95. The Labute approximate surface area is 116 Å². The molecule has 1 amide bonds. The standard InChI is InChI=1S/C11H15ClN2O4S/c12-9-2-1-3-10(8-9)19(17,18)14-5-4-11(16)13-6-7-15/h1-3,8,14-15H,4-7H2,(H,13,16). The highest BCUT2D eigenvalue weighted by atomic mass is 35.5. The van der Waals surface area contributed by atoms with Crippen LogP contribution in [0.25, 0.3) is 0 Å². The maximum absolute atomic E-state index is 11.8. The van der Waals surface area contributed by atoms with Crippen molar-refractivity contribution in [2.24, 2.45) is 0 Å². The molecule has 6 nitrogen and oxygen atoms in total. The lowest BCUT2D eigenvalue weighted by Crippen LogP contribution is -2.32. The molecule has 0 unspecified atom stereocenters. The maximum atomic E-state index is 11.8. The fourth-order valence-corrected chi connectivity index (χ4v) is 2.63. The summed E-state index contributed by atoms with van der Waals surface area (Å²) in [6.45, 7) is -0.0219. The topological polar surface area (TPSA) is 95.5 Å². The van der Waals surface area contributed by atoms with E-state index < -0.39 is 10.0 Å². The van der Waals surface area contributed by atoms with Crippen molar-refractivity contribution in [3.05, 3.63) is 29.3 Å². The number of amides is 1. The smallest absolute Gasteiger partial charge is 0.240 e. The van der Waals surface area contributed by atoms with Crippen LogP contribution in [-0.2, 0) is 14.8 Å². The second-order valence-corrected chi connectivity index (χ2v) is 5.88. The van der Waals surface area contributed by atoms with Crippen LogP contribution < -0.4 is 10.0 Å². The average Bonchev–Trinajstić information content (AvgIpc) is 2.36. The molecule has 1 aromatic rings. The first kappa shape index (κ1) is 15.9. The van der Waals surface area contributed by atoms with E-state index in [2.05, 4.69) is 10.0 Å². The van der Waals surface area contributed by atoms with Crippen molar-refractivity contribution in [1.82, 2.24) is 10.0 Å². The van der Waals surface area contributed by atoms with Crippen LogP contribution in [0.4, 0.5) is 0 Å². The molecular weight excluding hydrogens is 292 g/mol. The molecule has 1 aromatic carbocycles. The molecule has 0 atom stereocenters. The van der Waals surface area contributed by atoms with E-state index in [0.717, 1.165) is 0 Å². The summed E-state index contributed by atoms with van der Waals surface area (Å²) < 4.78 is 26.0. The minimum absolute atomic E-state index is 0.000203. The van der Waals surface area contributed by atoms with Gasteiger partial charge in [0.15, 0.2) is 0 Å². The lowest BCUT2D eigenvalue weighted by atomic mass is 10.4. The van der Waals surface area contributed by atoms with Crippen LogP contribution >= 0.6 is 11.6 Å². The second kappa shape index (κ2) is 7.44. The van der Waals surface area contributed by atoms with Crippen molar-refractivity contribution in [2.75, 3.05) is 19.7 Å². The Kier molecular flexibility index (Phi) is 6.23. The third-order valence-electron chi connectivity index (χ3n) is 2.18. The van der Waals surface area contributed by atoms with Crippen LogP contribution in [0.1, 0.15) is 6.42 Å². The van der Waals surface area contributed by atoms with Crippen LogP contribution in [0.2, 0.25) is 5.02 Å². The molecule has 106 valence electrons. The lowest BCUT2D eigenvalue weighted by molar-refractivity contribution is -0.121. The number of benzene rings is 1. The predicted molar refractivity (Wildman–Crippen MR) is 71.4 cm³/mol. The zero-order chi connectivity index (χ0) is 14.3. The number of rotatable bonds is 7. The molecule has 0 bridgehead atoms. The molecular formula is C11H15ClN2O4S. The van der Waals surface area contributed by atoms with Gasteiger partial charge < -0.3 is 10.4 Å². The molecule has 0 aliphatic carbocycles. The Bertz CT molecular complexity index is 533. The van der Waals surface area contributed by atoms with Gasteiger partial charge >= 0.3 is 0 Å². The maximum Gasteiger partial charge on any atom is 0.240 e. The molecule has 0 spiro atoms. The Balaban J connectivity index is 2.50. The van der Waals surface area contributed by atoms with Crippen LogP contribution in [0.15, 0.2) is 29.2 Å². The summed E-state index contributed by atoms with van der Waals surface area (Å²) in [5.41, 5.74) is 0. The van der Waals surface area contributed by atoms with Crippen molar-refractivity contribution in [3.63, 3.8) is 0 Å². The van der Waals surface area contributed by atoms with Crippen molar-refractivity contribution < 1.29 is 18.3 Å². The monoisotopic (exact) mass is 306 g/mol. The summed E-state index contributed by atoms with van der Waals surface area (Å²) in [6, 6.07) is 5.85. The normalized spacial score (nSPS) is 11.3. The number of hydrogen-bond donors (Lipinski definition) is 3. The highest BCUT2D eigenvalue weighted by Gasteiger charge is 2.14. The third-order valence-corrected chi connectivity index (χ3v) is 3.88. The number of halogens is 1. The van der Waals surface area contributed by atoms with Gasteiger partial charge in [-0.05, 0) is 18.2 Å². The minimum Gasteiger partial charge on any atom is -0.395 e. The highest BCUT2D eigenvalue weighted by molar-refractivity contribution is 7.89. The van der Waals surface area contributed by atoms with Crippen molar-refractivity contribution in [2.45, 2.75) is 11.3 Å². The van der Waals surface area contributed by atoms with Crippen LogP contribution in [0, 0.1) is 0 Å². The third kappa shape index (κ3) is 5.56. The Morgan fingerprint density at radius 1 is 1.32 bits per heavy atom. The summed E-state index contributed by atoms with van der Waals surface area (Å²) in [4.78, 5) is 11.3. The summed E-state index contributed by atoms with van der Waals surface area (Å²) in [5, 5.41) is 11.3. The largest absolute Gasteiger partial charge is 0.395 e. The van der Waals surface area contributed by atoms with Gasteiger partial charge in [0.25, 0.3) is 0 Å².